The van der Waals surface area contributed by atoms with Crippen LogP contribution < -0.4 is 4.72 Å². The van der Waals surface area contributed by atoms with Gasteiger partial charge < -0.3 is 9.47 Å². The minimum atomic E-state index is -4.13. The summed E-state index contributed by atoms with van der Waals surface area (Å²) in [6.07, 6.45) is -0.350. The van der Waals surface area contributed by atoms with Gasteiger partial charge in [-0.1, -0.05) is 0 Å². The summed E-state index contributed by atoms with van der Waals surface area (Å²) < 4.78 is 41.4. The summed E-state index contributed by atoms with van der Waals surface area (Å²) in [5.74, 6) is -0.675. The van der Waals surface area contributed by atoms with E-state index < -0.39 is 16.1 Å². The van der Waals surface area contributed by atoms with Gasteiger partial charge >= 0.3 is 10.3 Å². The monoisotopic (exact) mass is 211 g/mol. The van der Waals surface area contributed by atoms with E-state index in [-0.39, 0.29) is 12.6 Å². The molecule has 0 aromatic heterocycles. The molecule has 0 radical (unpaired) electrons. The maximum atomic E-state index is 10.3. The molecule has 0 bridgehead atoms. The minimum Gasteiger partial charge on any atom is -0.348 e. The van der Waals surface area contributed by atoms with Gasteiger partial charge in [-0.3, -0.25) is 4.55 Å². The van der Waals surface area contributed by atoms with Crippen molar-refractivity contribution in [3.8, 4) is 0 Å². The van der Waals surface area contributed by atoms with E-state index in [0.29, 0.717) is 6.61 Å². The fraction of sp³-hybridized carbons (Fsp3) is 1.00. The van der Waals surface area contributed by atoms with Crippen LogP contribution in [-0.2, 0) is 19.8 Å². The molecule has 0 aliphatic carbocycles. The Kier molecular flexibility index (Phi) is 2.93. The lowest BCUT2D eigenvalue weighted by atomic mass is 10.4. The van der Waals surface area contributed by atoms with Gasteiger partial charge in [-0.2, -0.15) is 13.1 Å². The van der Waals surface area contributed by atoms with Crippen molar-refractivity contribution in [3.05, 3.63) is 0 Å². The summed E-state index contributed by atoms with van der Waals surface area (Å²) in [6.45, 7) is 3.80. The van der Waals surface area contributed by atoms with Crippen molar-refractivity contribution in [2.24, 2.45) is 0 Å². The van der Waals surface area contributed by atoms with Gasteiger partial charge in [0.05, 0.1) is 12.7 Å². The first kappa shape index (κ1) is 10.9. The third-order valence-electron chi connectivity index (χ3n) is 1.56. The molecule has 1 rings (SSSR count). The van der Waals surface area contributed by atoms with Gasteiger partial charge in [-0.05, 0) is 13.8 Å². The van der Waals surface area contributed by atoms with E-state index in [1.165, 1.54) is 0 Å². The third-order valence-corrected chi connectivity index (χ3v) is 2.09. The molecule has 78 valence electrons. The minimum absolute atomic E-state index is 0.0161. The summed E-state index contributed by atoms with van der Waals surface area (Å²) >= 11 is 0. The second-order valence-electron chi connectivity index (χ2n) is 3.27. The predicted octanol–water partition coefficient (Wildman–Crippen LogP) is -0.470. The average Bonchev–Trinajstić information content (AvgIpc) is 2.24. The molecule has 1 aliphatic heterocycles. The van der Waals surface area contributed by atoms with E-state index in [0.717, 1.165) is 0 Å². The molecule has 6 nitrogen and oxygen atoms in total. The molecule has 1 atom stereocenters. The van der Waals surface area contributed by atoms with E-state index in [9.17, 15) is 8.42 Å². The van der Waals surface area contributed by atoms with Crippen molar-refractivity contribution in [1.29, 1.82) is 0 Å². The highest BCUT2D eigenvalue weighted by atomic mass is 32.2. The van der Waals surface area contributed by atoms with Gasteiger partial charge in [0.2, 0.25) is 0 Å². The van der Waals surface area contributed by atoms with Crippen LogP contribution in [0.5, 0.6) is 0 Å². The second-order valence-corrected chi connectivity index (χ2v) is 4.51. The molecule has 13 heavy (non-hydrogen) atoms. The molecule has 0 saturated carbocycles. The Morgan fingerprint density at radius 3 is 2.62 bits per heavy atom. The molecular weight excluding hydrogens is 198 g/mol. The Hall–Kier alpha value is -0.210. The van der Waals surface area contributed by atoms with E-state index in [1.54, 1.807) is 13.8 Å². The number of hydrogen-bond donors (Lipinski definition) is 2. The van der Waals surface area contributed by atoms with Gasteiger partial charge in [-0.15, -0.1) is 0 Å². The van der Waals surface area contributed by atoms with Crippen LogP contribution >= 0.6 is 0 Å². The first-order chi connectivity index (χ1) is 5.79. The molecule has 1 heterocycles. The fourth-order valence-electron chi connectivity index (χ4n) is 1.06. The van der Waals surface area contributed by atoms with Gasteiger partial charge in [0.25, 0.3) is 0 Å². The lowest BCUT2D eigenvalue weighted by Crippen LogP contribution is -2.33. The summed E-state index contributed by atoms with van der Waals surface area (Å²) in [7, 11) is -4.13. The van der Waals surface area contributed by atoms with E-state index >= 15 is 0 Å². The first-order valence-corrected chi connectivity index (χ1v) is 5.26. The van der Waals surface area contributed by atoms with Crippen LogP contribution in [0.25, 0.3) is 0 Å². The lowest BCUT2D eigenvalue weighted by molar-refractivity contribution is -0.137. The van der Waals surface area contributed by atoms with E-state index in [1.807, 2.05) is 4.72 Å². The highest BCUT2D eigenvalue weighted by Crippen LogP contribution is 2.21. The Labute approximate surface area is 77.1 Å². The fourth-order valence-corrected chi connectivity index (χ4v) is 1.46. The summed E-state index contributed by atoms with van der Waals surface area (Å²) in [4.78, 5) is 0. The van der Waals surface area contributed by atoms with Crippen LogP contribution in [0.15, 0.2) is 0 Å². The van der Waals surface area contributed by atoms with Crippen LogP contribution in [0.3, 0.4) is 0 Å². The number of nitrogens with one attached hydrogen (secondary N) is 1. The average molecular weight is 211 g/mol. The van der Waals surface area contributed by atoms with Crippen LogP contribution in [0.4, 0.5) is 0 Å². The smallest absolute Gasteiger partial charge is 0.333 e. The van der Waals surface area contributed by atoms with Gasteiger partial charge in [0, 0.05) is 6.54 Å². The van der Waals surface area contributed by atoms with Crippen LogP contribution in [0, 0.1) is 0 Å². The largest absolute Gasteiger partial charge is 0.348 e. The molecule has 1 saturated heterocycles. The van der Waals surface area contributed by atoms with Crippen molar-refractivity contribution in [3.63, 3.8) is 0 Å². The standard InChI is InChI=1S/C6H13NO5S/c1-6(2)11-4-5(12-6)3-7-13(8,9)10/h5,7H,3-4H2,1-2H3,(H,8,9,10). The normalized spacial score (nSPS) is 27.8. The molecule has 0 spiro atoms. The van der Waals surface area contributed by atoms with Gasteiger partial charge in [0.15, 0.2) is 5.79 Å². The van der Waals surface area contributed by atoms with Crippen molar-refractivity contribution >= 4 is 10.3 Å². The Balaban J connectivity index is 2.34. The SMILES string of the molecule is CC1(C)OCC(CNS(=O)(=O)O)O1. The van der Waals surface area contributed by atoms with Crippen LogP contribution in [-0.4, -0.2) is 38.0 Å². The zero-order valence-electron chi connectivity index (χ0n) is 7.48. The van der Waals surface area contributed by atoms with Crippen LogP contribution in [0.1, 0.15) is 13.8 Å². The first-order valence-electron chi connectivity index (χ1n) is 3.82. The van der Waals surface area contributed by atoms with Crippen molar-refractivity contribution in [2.45, 2.75) is 25.7 Å². The maximum Gasteiger partial charge on any atom is 0.333 e. The molecule has 2 N–H and O–H groups in total. The summed E-state index contributed by atoms with van der Waals surface area (Å²) in [5.41, 5.74) is 0. The molecule has 0 aromatic rings. The molecular formula is C6H13NO5S. The molecule has 1 unspecified atom stereocenters. The molecule has 0 aromatic carbocycles. The Morgan fingerprint density at radius 2 is 2.23 bits per heavy atom. The van der Waals surface area contributed by atoms with Crippen molar-refractivity contribution in [1.82, 2.24) is 4.72 Å². The van der Waals surface area contributed by atoms with E-state index in [4.69, 9.17) is 14.0 Å². The van der Waals surface area contributed by atoms with E-state index in [2.05, 4.69) is 0 Å². The maximum absolute atomic E-state index is 10.3. The quantitative estimate of drug-likeness (QED) is 0.616. The Bertz CT molecular complexity index is 273. The Morgan fingerprint density at radius 1 is 1.62 bits per heavy atom. The highest BCUT2D eigenvalue weighted by molar-refractivity contribution is 7.83. The topological polar surface area (TPSA) is 84.9 Å². The molecule has 7 heteroatoms. The van der Waals surface area contributed by atoms with Crippen molar-refractivity contribution in [2.75, 3.05) is 13.2 Å². The van der Waals surface area contributed by atoms with Crippen molar-refractivity contribution < 1.29 is 22.4 Å². The molecule has 1 fully saturated rings. The lowest BCUT2D eigenvalue weighted by Gasteiger charge is -2.16. The number of rotatable bonds is 3. The molecule has 0 amide bonds. The zero-order valence-corrected chi connectivity index (χ0v) is 8.30. The zero-order chi connectivity index (χ0) is 10.1. The molecule has 1 aliphatic rings. The predicted molar refractivity (Wildman–Crippen MR) is 44.5 cm³/mol. The third kappa shape index (κ3) is 4.01. The second kappa shape index (κ2) is 3.50. The highest BCUT2D eigenvalue weighted by Gasteiger charge is 2.32. The summed E-state index contributed by atoms with van der Waals surface area (Å²) in [5, 5.41) is 0. The van der Waals surface area contributed by atoms with Crippen LogP contribution in [0.2, 0.25) is 0 Å². The number of hydrogen-bond acceptors (Lipinski definition) is 4. The van der Waals surface area contributed by atoms with Gasteiger partial charge in [-0.25, -0.2) is 0 Å². The summed E-state index contributed by atoms with van der Waals surface area (Å²) in [6, 6.07) is 0. The van der Waals surface area contributed by atoms with Gasteiger partial charge in [0.1, 0.15) is 0 Å². The number of ether oxygens (including phenoxy) is 2.